The van der Waals surface area contributed by atoms with Crippen LogP contribution in [0.15, 0.2) is 10.1 Å². The Hall–Kier alpha value is 0.0300. The highest BCUT2D eigenvalue weighted by molar-refractivity contribution is 8.55. The van der Waals surface area contributed by atoms with E-state index in [9.17, 15) is 4.57 Å². The fourth-order valence-electron chi connectivity index (χ4n) is 1.22. The summed E-state index contributed by atoms with van der Waals surface area (Å²) >= 11 is 2.68. The molecule has 18 heavy (non-hydrogen) atoms. The van der Waals surface area contributed by atoms with E-state index in [0.717, 1.165) is 17.9 Å². The van der Waals surface area contributed by atoms with E-state index in [1.165, 1.54) is 23.1 Å². The summed E-state index contributed by atoms with van der Waals surface area (Å²) in [6.45, 7) is 4.81. The van der Waals surface area contributed by atoms with Crippen molar-refractivity contribution in [1.82, 2.24) is 0 Å². The molecular weight excluding hydrogens is 291 g/mol. The third-order valence-electron chi connectivity index (χ3n) is 1.93. The summed E-state index contributed by atoms with van der Waals surface area (Å²) in [6, 6.07) is 0. The van der Waals surface area contributed by atoms with Gasteiger partial charge in [0.1, 0.15) is 0 Å². The molecule has 0 spiro atoms. The Morgan fingerprint density at radius 3 is 2.78 bits per heavy atom. The highest BCUT2D eigenvalue weighted by atomic mass is 32.7. The molecule has 1 heterocycles. The lowest BCUT2D eigenvalue weighted by Crippen LogP contribution is -2.01. The van der Waals surface area contributed by atoms with Crippen molar-refractivity contribution in [3.63, 3.8) is 0 Å². The molecule has 0 aromatic rings. The van der Waals surface area contributed by atoms with Crippen LogP contribution in [0.4, 0.5) is 0 Å². The average Bonchev–Trinajstić information content (AvgIpc) is 2.63. The van der Waals surface area contributed by atoms with Gasteiger partial charge in [-0.05, 0) is 38.6 Å². The van der Waals surface area contributed by atoms with Gasteiger partial charge in [0.05, 0.1) is 17.7 Å². The lowest BCUT2D eigenvalue weighted by Gasteiger charge is -2.13. The highest BCUT2D eigenvalue weighted by Gasteiger charge is 2.28. The van der Waals surface area contributed by atoms with Crippen LogP contribution in [-0.4, -0.2) is 28.5 Å². The molecule has 0 fully saturated rings. The van der Waals surface area contributed by atoms with Crippen LogP contribution in [0.3, 0.4) is 0 Å². The van der Waals surface area contributed by atoms with Crippen LogP contribution in [0.2, 0.25) is 0 Å². The maximum atomic E-state index is 12.3. The Balaban J connectivity index is 2.65. The minimum atomic E-state index is -3.17. The van der Waals surface area contributed by atoms with Gasteiger partial charge in [0.2, 0.25) is 0 Å². The summed E-state index contributed by atoms with van der Waals surface area (Å²) in [6.07, 6.45) is 0.911. The van der Waals surface area contributed by atoms with Crippen LogP contribution in [0.1, 0.15) is 34.1 Å². The van der Waals surface area contributed by atoms with Crippen LogP contribution < -0.4 is 0 Å². The summed E-state index contributed by atoms with van der Waals surface area (Å²) in [7, 11) is 0. The molecule has 5 nitrogen and oxygen atoms in total. The molecule has 2 unspecified atom stereocenters. The van der Waals surface area contributed by atoms with E-state index in [0.29, 0.717) is 11.7 Å². The summed E-state index contributed by atoms with van der Waals surface area (Å²) < 4.78 is 22.6. The Morgan fingerprint density at radius 2 is 2.28 bits per heavy atom. The van der Waals surface area contributed by atoms with Crippen molar-refractivity contribution in [2.24, 2.45) is 10.1 Å². The number of thioether (sulfide) groups is 1. The zero-order valence-electron chi connectivity index (χ0n) is 11.1. The van der Waals surface area contributed by atoms with Gasteiger partial charge in [-0.1, -0.05) is 23.8 Å². The van der Waals surface area contributed by atoms with Crippen molar-refractivity contribution in [2.45, 2.75) is 39.5 Å². The quantitative estimate of drug-likeness (QED) is 0.522. The molecule has 0 bridgehead atoms. The first-order chi connectivity index (χ1) is 8.50. The van der Waals surface area contributed by atoms with Gasteiger partial charge < -0.3 is 4.62 Å². The van der Waals surface area contributed by atoms with Gasteiger partial charge in [0.15, 0.2) is 5.04 Å². The van der Waals surface area contributed by atoms with Crippen molar-refractivity contribution >= 4 is 40.7 Å². The van der Waals surface area contributed by atoms with Crippen molar-refractivity contribution in [3.05, 3.63) is 0 Å². The summed E-state index contributed by atoms with van der Waals surface area (Å²) in [5.74, 6) is 0.721. The first-order valence-corrected chi connectivity index (χ1v) is 9.89. The van der Waals surface area contributed by atoms with Gasteiger partial charge in [-0.25, -0.2) is 4.57 Å². The number of rotatable bonds is 7. The van der Waals surface area contributed by atoms with Gasteiger partial charge in [0, 0.05) is 5.75 Å². The smallest absolute Gasteiger partial charge is 0.304 e. The van der Waals surface area contributed by atoms with Crippen LogP contribution in [0, 0.1) is 0 Å². The van der Waals surface area contributed by atoms with Crippen molar-refractivity contribution in [1.29, 1.82) is 0 Å². The van der Waals surface area contributed by atoms with Crippen LogP contribution in [0.25, 0.3) is 0 Å². The maximum absolute atomic E-state index is 12.3. The Morgan fingerprint density at radius 1 is 1.56 bits per heavy atom. The number of aliphatic imine (C=N–C) groups is 1. The van der Waals surface area contributed by atoms with Gasteiger partial charge in [-0.3, -0.25) is 9.52 Å². The van der Waals surface area contributed by atoms with Gasteiger partial charge in [0.25, 0.3) is 0 Å². The second-order valence-electron chi connectivity index (χ2n) is 3.61. The fraction of sp³-hybridized carbons (Fsp3) is 0.800. The maximum Gasteiger partial charge on any atom is 0.459 e. The zero-order valence-corrected chi connectivity index (χ0v) is 13.6. The van der Waals surface area contributed by atoms with E-state index in [1.807, 2.05) is 20.8 Å². The predicted molar refractivity (Wildman–Crippen MR) is 80.7 cm³/mol. The molecule has 104 valence electrons. The largest absolute Gasteiger partial charge is 0.459 e. The van der Waals surface area contributed by atoms with E-state index < -0.39 is 6.80 Å². The molecule has 2 atom stereocenters. The lowest BCUT2D eigenvalue weighted by molar-refractivity contribution is 0.237. The molecule has 1 aliphatic heterocycles. The first kappa shape index (κ1) is 16.1. The number of hydrogen-bond donors (Lipinski definition) is 0. The topological polar surface area (TPSA) is 60.2 Å². The van der Waals surface area contributed by atoms with E-state index in [4.69, 9.17) is 9.15 Å². The summed E-state index contributed by atoms with van der Waals surface area (Å²) in [5.41, 5.74) is 0.816. The average molecular weight is 310 g/mol. The van der Waals surface area contributed by atoms with Gasteiger partial charge in [-0.2, -0.15) is 0 Å². The monoisotopic (exact) mass is 310 g/mol. The van der Waals surface area contributed by atoms with E-state index in [1.54, 1.807) is 6.92 Å². The predicted octanol–water partition coefficient (Wildman–Crippen LogP) is 4.16. The van der Waals surface area contributed by atoms with Crippen LogP contribution >= 0.6 is 29.9 Å². The van der Waals surface area contributed by atoms with Gasteiger partial charge in [-0.15, -0.1) is 0 Å². The first-order valence-electron chi connectivity index (χ1n) is 5.88. The summed E-state index contributed by atoms with van der Waals surface area (Å²) in [4.78, 5) is 4.31. The second kappa shape index (κ2) is 7.58. The Labute approximate surface area is 116 Å². The highest BCUT2D eigenvalue weighted by Crippen LogP contribution is 2.61. The number of nitrogens with zero attached hydrogens (tertiary/aromatic N) is 2. The molecule has 1 rings (SSSR count). The molecule has 0 aromatic heterocycles. The van der Waals surface area contributed by atoms with E-state index in [-0.39, 0.29) is 5.37 Å². The van der Waals surface area contributed by atoms with Gasteiger partial charge >= 0.3 is 6.80 Å². The molecule has 0 saturated carbocycles. The van der Waals surface area contributed by atoms with E-state index >= 15 is 0 Å². The molecule has 0 radical (unpaired) electrons. The SMILES string of the molecule is CCCSP(=O)(OCC)O/N=C1\SC(C)N=C1C. The molecule has 0 aromatic carbocycles. The number of oxime groups is 1. The Bertz CT molecular complexity index is 387. The minimum Gasteiger partial charge on any atom is -0.304 e. The third kappa shape index (κ3) is 4.96. The van der Waals surface area contributed by atoms with Crippen LogP contribution in [-0.2, 0) is 13.7 Å². The standard InChI is InChI=1S/C10H19N2O3PS2/c1-5-7-17-16(13,14-6-2)15-12-10-8(3)11-9(4)18-10/h9H,5-7H2,1-4H3/b12-10-. The molecule has 8 heteroatoms. The van der Waals surface area contributed by atoms with Crippen LogP contribution in [0.5, 0.6) is 0 Å². The summed E-state index contributed by atoms with van der Waals surface area (Å²) in [5, 5.41) is 4.76. The van der Waals surface area contributed by atoms with E-state index in [2.05, 4.69) is 10.1 Å². The zero-order chi connectivity index (χ0) is 13.6. The molecular formula is C10H19N2O3PS2. The van der Waals surface area contributed by atoms with Crippen molar-refractivity contribution in [2.75, 3.05) is 12.4 Å². The molecule has 1 aliphatic rings. The van der Waals surface area contributed by atoms with Crippen molar-refractivity contribution < 1.29 is 13.7 Å². The molecule has 0 N–H and O–H groups in total. The normalized spacial score (nSPS) is 25.0. The molecule has 0 amide bonds. The van der Waals surface area contributed by atoms with Crippen molar-refractivity contribution in [3.8, 4) is 0 Å². The number of hydrogen-bond acceptors (Lipinski definition) is 7. The molecule has 0 saturated heterocycles. The Kier molecular flexibility index (Phi) is 6.77. The molecule has 0 aliphatic carbocycles. The lowest BCUT2D eigenvalue weighted by atomic mass is 10.5. The second-order valence-corrected chi connectivity index (χ2v) is 9.01. The third-order valence-corrected chi connectivity index (χ3v) is 6.75. The fourth-order valence-corrected chi connectivity index (χ4v) is 5.19. The minimum absolute atomic E-state index is 0.141.